The van der Waals surface area contributed by atoms with E-state index in [1.54, 1.807) is 4.57 Å². The van der Waals surface area contributed by atoms with Crippen molar-refractivity contribution in [3.05, 3.63) is 0 Å². The molecular formula is C13H22N2O2SSi. The van der Waals surface area contributed by atoms with E-state index in [0.29, 0.717) is 0 Å². The highest BCUT2D eigenvalue weighted by atomic mass is 32.2. The second kappa shape index (κ2) is 4.25. The van der Waals surface area contributed by atoms with Crippen LogP contribution in [0.2, 0.25) is 19.6 Å². The molecule has 2 saturated heterocycles. The van der Waals surface area contributed by atoms with Crippen LogP contribution in [0.4, 0.5) is 4.79 Å². The molecule has 19 heavy (non-hydrogen) atoms. The summed E-state index contributed by atoms with van der Waals surface area (Å²) in [7, 11) is -1.91. The zero-order chi connectivity index (χ0) is 13.8. The Kier molecular flexibility index (Phi) is 3.02. The van der Waals surface area contributed by atoms with Crippen molar-refractivity contribution in [2.75, 3.05) is 5.75 Å². The highest BCUT2D eigenvalue weighted by Gasteiger charge is 2.60. The van der Waals surface area contributed by atoms with Crippen molar-refractivity contribution in [1.29, 1.82) is 0 Å². The molecule has 1 aliphatic carbocycles. The number of rotatable bonds is 1. The summed E-state index contributed by atoms with van der Waals surface area (Å²) in [5.41, 5.74) is 0. The maximum atomic E-state index is 12.8. The Morgan fingerprint density at radius 2 is 1.79 bits per heavy atom. The van der Waals surface area contributed by atoms with Crippen molar-refractivity contribution < 1.29 is 9.59 Å². The molecule has 0 aromatic heterocycles. The first-order chi connectivity index (χ1) is 8.87. The van der Waals surface area contributed by atoms with Crippen molar-refractivity contribution in [2.24, 2.45) is 0 Å². The summed E-state index contributed by atoms with van der Waals surface area (Å²) in [4.78, 5) is 27.2. The molecule has 0 radical (unpaired) electrons. The zero-order valence-electron chi connectivity index (χ0n) is 11.9. The van der Waals surface area contributed by atoms with E-state index in [4.69, 9.17) is 0 Å². The highest BCUT2D eigenvalue weighted by Crippen LogP contribution is 2.51. The fraction of sp³-hybridized carbons (Fsp3) is 0.846. The van der Waals surface area contributed by atoms with Gasteiger partial charge in [-0.15, -0.1) is 11.8 Å². The van der Waals surface area contributed by atoms with Gasteiger partial charge in [0.05, 0.1) is 4.87 Å². The molecule has 0 bridgehead atoms. The third-order valence-electron chi connectivity index (χ3n) is 4.47. The van der Waals surface area contributed by atoms with Crippen LogP contribution in [-0.4, -0.2) is 46.3 Å². The first kappa shape index (κ1) is 13.5. The van der Waals surface area contributed by atoms with Gasteiger partial charge in [0.25, 0.3) is 0 Å². The lowest BCUT2D eigenvalue weighted by molar-refractivity contribution is -0.125. The quantitative estimate of drug-likeness (QED) is 0.552. The normalized spacial score (nSPS) is 30.4. The Morgan fingerprint density at radius 3 is 2.37 bits per heavy atom. The topological polar surface area (TPSA) is 40.6 Å². The Bertz CT molecular complexity index is 429. The molecule has 0 N–H and O–H groups in total. The van der Waals surface area contributed by atoms with Crippen LogP contribution in [0.25, 0.3) is 0 Å². The van der Waals surface area contributed by atoms with E-state index in [-0.39, 0.29) is 22.9 Å². The zero-order valence-corrected chi connectivity index (χ0v) is 13.8. The molecule has 0 unspecified atom stereocenters. The number of hydrogen-bond acceptors (Lipinski definition) is 3. The number of fused-ring (bicyclic) bond motifs is 2. The molecule has 3 amide bonds. The summed E-state index contributed by atoms with van der Waals surface area (Å²) >= 11 is 1.85. The highest BCUT2D eigenvalue weighted by molar-refractivity contribution is 8.01. The standard InChI is InChI=1S/C13H22N2O2SSi/c1-19(2,3)15-11(16)10-9-18-13(14(10)12(15)17)7-5-4-6-8-13/h10H,4-9H2,1-3H3/t10-/m0/s1. The summed E-state index contributed by atoms with van der Waals surface area (Å²) in [5.74, 6) is 0.866. The smallest absolute Gasteiger partial charge is 0.297 e. The van der Waals surface area contributed by atoms with Gasteiger partial charge in [-0.05, 0) is 12.8 Å². The molecule has 106 valence electrons. The molecular weight excluding hydrogens is 276 g/mol. The lowest BCUT2D eigenvalue weighted by Crippen LogP contribution is -2.53. The number of nitrogens with zero attached hydrogens (tertiary/aromatic N) is 2. The molecule has 3 rings (SSSR count). The summed E-state index contributed by atoms with van der Waals surface area (Å²) in [6, 6.07) is -0.177. The van der Waals surface area contributed by atoms with Crippen LogP contribution in [0.1, 0.15) is 32.1 Å². The average Bonchev–Trinajstić information content (AvgIpc) is 2.79. The minimum Gasteiger partial charge on any atom is -0.297 e. The molecule has 1 atom stereocenters. The summed E-state index contributed by atoms with van der Waals surface area (Å²) in [6.45, 7) is 6.23. The second-order valence-corrected chi connectivity index (χ2v) is 13.0. The van der Waals surface area contributed by atoms with Crippen LogP contribution >= 0.6 is 11.8 Å². The van der Waals surface area contributed by atoms with E-state index in [2.05, 4.69) is 19.6 Å². The predicted octanol–water partition coefficient (Wildman–Crippen LogP) is 2.86. The maximum Gasteiger partial charge on any atom is 0.320 e. The largest absolute Gasteiger partial charge is 0.320 e. The predicted molar refractivity (Wildman–Crippen MR) is 79.5 cm³/mol. The van der Waals surface area contributed by atoms with E-state index < -0.39 is 8.24 Å². The number of imide groups is 1. The number of amides is 3. The summed E-state index contributed by atoms with van der Waals surface area (Å²) < 4.78 is 1.62. The number of carbonyl (C=O) groups excluding carboxylic acids is 2. The molecule has 3 aliphatic rings. The lowest BCUT2D eigenvalue weighted by atomic mass is 9.93. The minimum absolute atomic E-state index is 0.000988. The van der Waals surface area contributed by atoms with E-state index >= 15 is 0 Å². The Labute approximate surface area is 120 Å². The molecule has 2 heterocycles. The first-order valence-electron chi connectivity index (χ1n) is 7.18. The van der Waals surface area contributed by atoms with Crippen LogP contribution in [0, 0.1) is 0 Å². The fourth-order valence-corrected chi connectivity index (χ4v) is 6.78. The maximum absolute atomic E-state index is 12.8. The number of hydrogen-bond donors (Lipinski definition) is 0. The third kappa shape index (κ3) is 1.87. The third-order valence-corrected chi connectivity index (χ3v) is 7.85. The number of urea groups is 1. The minimum atomic E-state index is -1.91. The molecule has 3 fully saturated rings. The SMILES string of the molecule is C[Si](C)(C)N1C(=O)[C@@H]2CSC3(CCCCC3)N2C1=O. The number of thioether (sulfide) groups is 1. The van der Waals surface area contributed by atoms with Gasteiger partial charge < -0.3 is 0 Å². The first-order valence-corrected chi connectivity index (χ1v) is 11.6. The van der Waals surface area contributed by atoms with Crippen molar-refractivity contribution in [2.45, 2.75) is 62.7 Å². The van der Waals surface area contributed by atoms with Crippen molar-refractivity contribution in [3.63, 3.8) is 0 Å². The van der Waals surface area contributed by atoms with E-state index in [1.807, 2.05) is 16.7 Å². The number of carbonyl (C=O) groups is 2. The van der Waals surface area contributed by atoms with Gasteiger partial charge in [0, 0.05) is 5.75 Å². The molecule has 0 aromatic carbocycles. The Balaban J connectivity index is 1.94. The molecule has 0 aromatic rings. The average molecular weight is 298 g/mol. The van der Waals surface area contributed by atoms with Crippen LogP contribution < -0.4 is 0 Å². The van der Waals surface area contributed by atoms with Gasteiger partial charge in [-0.25, -0.2) is 4.79 Å². The lowest BCUT2D eigenvalue weighted by Gasteiger charge is -2.40. The fourth-order valence-electron chi connectivity index (χ4n) is 3.61. The molecule has 1 spiro atoms. The van der Waals surface area contributed by atoms with Gasteiger partial charge in [-0.1, -0.05) is 38.9 Å². The Hall–Kier alpha value is -0.493. The van der Waals surface area contributed by atoms with Gasteiger partial charge in [0.1, 0.15) is 6.04 Å². The van der Waals surface area contributed by atoms with Crippen LogP contribution in [0.15, 0.2) is 0 Å². The second-order valence-electron chi connectivity index (χ2n) is 6.83. The van der Waals surface area contributed by atoms with E-state index in [0.717, 1.165) is 18.6 Å². The van der Waals surface area contributed by atoms with Crippen molar-refractivity contribution >= 4 is 31.9 Å². The molecule has 2 aliphatic heterocycles. The van der Waals surface area contributed by atoms with Gasteiger partial charge in [-0.2, -0.15) is 0 Å². The van der Waals surface area contributed by atoms with Gasteiger partial charge in [0.15, 0.2) is 8.24 Å². The van der Waals surface area contributed by atoms with Crippen LogP contribution in [0.5, 0.6) is 0 Å². The summed E-state index contributed by atoms with van der Waals surface area (Å²) in [6.07, 6.45) is 5.76. The molecule has 6 heteroatoms. The van der Waals surface area contributed by atoms with Crippen molar-refractivity contribution in [3.8, 4) is 0 Å². The van der Waals surface area contributed by atoms with E-state index in [1.165, 1.54) is 19.3 Å². The van der Waals surface area contributed by atoms with Crippen LogP contribution in [-0.2, 0) is 4.79 Å². The monoisotopic (exact) mass is 298 g/mol. The van der Waals surface area contributed by atoms with Crippen molar-refractivity contribution in [1.82, 2.24) is 9.47 Å². The van der Waals surface area contributed by atoms with Crippen LogP contribution in [0.3, 0.4) is 0 Å². The van der Waals surface area contributed by atoms with Gasteiger partial charge >= 0.3 is 6.03 Å². The Morgan fingerprint density at radius 1 is 1.16 bits per heavy atom. The van der Waals surface area contributed by atoms with E-state index in [9.17, 15) is 9.59 Å². The summed E-state index contributed by atoms with van der Waals surface area (Å²) in [5, 5.41) is 0. The molecule has 1 saturated carbocycles. The van der Waals surface area contributed by atoms with Gasteiger partial charge in [0.2, 0.25) is 5.91 Å². The molecule has 4 nitrogen and oxygen atoms in total. The van der Waals surface area contributed by atoms with Gasteiger partial charge in [-0.3, -0.25) is 14.3 Å².